The molecule has 6 N–H and O–H groups in total. The molecule has 12 nitrogen and oxygen atoms in total. The van der Waals surface area contributed by atoms with Gasteiger partial charge in [0.05, 0.1) is 18.4 Å². The quantitative estimate of drug-likeness (QED) is 0.155. The van der Waals surface area contributed by atoms with E-state index in [9.17, 15) is 29.8 Å². The van der Waals surface area contributed by atoms with Crippen molar-refractivity contribution in [2.24, 2.45) is 5.29 Å². The van der Waals surface area contributed by atoms with Crippen LogP contribution < -0.4 is 10.6 Å². The number of carbonyl (C=O) groups excluding carboxylic acids is 2. The smallest absolute Gasteiger partial charge is 0.341 e. The summed E-state index contributed by atoms with van der Waals surface area (Å²) < 4.78 is 4.89. The molecule has 3 amide bonds. The van der Waals surface area contributed by atoms with Crippen molar-refractivity contribution in [3.05, 3.63) is 4.91 Å². The van der Waals surface area contributed by atoms with E-state index < -0.39 is 55.2 Å². The Morgan fingerprint density at radius 1 is 1.32 bits per heavy atom. The first-order valence-electron chi connectivity index (χ1n) is 7.35. The van der Waals surface area contributed by atoms with E-state index in [0.29, 0.717) is 5.01 Å². The number of ether oxygens (including phenoxy) is 1. The van der Waals surface area contributed by atoms with Crippen LogP contribution >= 0.6 is 11.6 Å². The molecule has 1 heterocycles. The van der Waals surface area contributed by atoms with E-state index in [1.807, 2.05) is 0 Å². The zero-order valence-corrected chi connectivity index (χ0v) is 14.0. The Kier molecular flexibility index (Phi) is 8.41. The molecule has 0 aliphatic carbocycles. The number of hydrogen-bond acceptors (Lipinski definition) is 9. The Hall–Kier alpha value is -1.57. The van der Waals surface area contributed by atoms with E-state index in [0.717, 1.165) is 0 Å². The molecule has 1 rings (SSSR count). The molecule has 1 aliphatic rings. The SMILES string of the molecule is C[C@H](NC(=O)N(CCCl)N=O)C(=O)N[C@H]1C(O)O[C@H](CO)[C@@H](O)[C@@H]1O. The maximum atomic E-state index is 12.1. The van der Waals surface area contributed by atoms with Gasteiger partial charge in [0.1, 0.15) is 30.4 Å². The molecular weight excluding hydrogens is 364 g/mol. The molecule has 1 fully saturated rings. The third-order valence-electron chi connectivity index (χ3n) is 3.57. The maximum Gasteiger partial charge on any atom is 0.341 e. The first-order chi connectivity index (χ1) is 11.8. The molecule has 0 aromatic heterocycles. The molecule has 0 aromatic rings. The summed E-state index contributed by atoms with van der Waals surface area (Å²) in [5, 5.41) is 45.8. The van der Waals surface area contributed by atoms with Crippen LogP contribution in [0.15, 0.2) is 5.29 Å². The molecule has 0 bridgehead atoms. The summed E-state index contributed by atoms with van der Waals surface area (Å²) >= 11 is 5.41. The Morgan fingerprint density at radius 2 is 1.96 bits per heavy atom. The van der Waals surface area contributed by atoms with Crippen LogP contribution in [0.1, 0.15) is 6.92 Å². The molecule has 1 unspecified atom stereocenters. The van der Waals surface area contributed by atoms with Crippen LogP contribution in [-0.4, -0.2) is 93.1 Å². The average Bonchev–Trinajstić information content (AvgIpc) is 2.59. The molecule has 0 aromatic carbocycles. The molecule has 0 saturated carbocycles. The number of aliphatic hydroxyl groups excluding tert-OH is 4. The summed E-state index contributed by atoms with van der Waals surface area (Å²) in [4.78, 5) is 34.3. The summed E-state index contributed by atoms with van der Waals surface area (Å²) in [6, 6.07) is -3.52. The lowest BCUT2D eigenvalue weighted by molar-refractivity contribution is -0.253. The Morgan fingerprint density at radius 3 is 2.48 bits per heavy atom. The topological polar surface area (TPSA) is 181 Å². The van der Waals surface area contributed by atoms with E-state index in [-0.39, 0.29) is 12.4 Å². The van der Waals surface area contributed by atoms with Gasteiger partial charge in [-0.05, 0) is 6.92 Å². The van der Waals surface area contributed by atoms with Crippen LogP contribution in [0, 0.1) is 4.91 Å². The molecule has 13 heteroatoms. The number of rotatable bonds is 7. The van der Waals surface area contributed by atoms with Crippen molar-refractivity contribution in [3.8, 4) is 0 Å². The monoisotopic (exact) mass is 384 g/mol. The highest BCUT2D eigenvalue weighted by Gasteiger charge is 2.44. The fourth-order valence-corrected chi connectivity index (χ4v) is 2.29. The van der Waals surface area contributed by atoms with E-state index in [1.165, 1.54) is 6.92 Å². The highest BCUT2D eigenvalue weighted by molar-refractivity contribution is 6.18. The highest BCUT2D eigenvalue weighted by atomic mass is 35.5. The molecule has 6 atom stereocenters. The van der Waals surface area contributed by atoms with Crippen LogP contribution in [0.25, 0.3) is 0 Å². The largest absolute Gasteiger partial charge is 0.394 e. The van der Waals surface area contributed by atoms with Gasteiger partial charge < -0.3 is 35.8 Å². The molecule has 25 heavy (non-hydrogen) atoms. The van der Waals surface area contributed by atoms with Crippen LogP contribution in [0.3, 0.4) is 0 Å². The van der Waals surface area contributed by atoms with Gasteiger partial charge in [-0.25, -0.2) is 4.79 Å². The minimum Gasteiger partial charge on any atom is -0.394 e. The number of alkyl halides is 1. The third kappa shape index (κ3) is 5.45. The van der Waals surface area contributed by atoms with Crippen molar-refractivity contribution in [1.82, 2.24) is 15.6 Å². The summed E-state index contributed by atoms with van der Waals surface area (Å²) in [7, 11) is 0. The zero-order chi connectivity index (χ0) is 19.1. The number of aliphatic hydroxyl groups is 4. The molecule has 1 aliphatic heterocycles. The minimum absolute atomic E-state index is 0.0402. The highest BCUT2D eigenvalue weighted by Crippen LogP contribution is 2.19. The number of carbonyl (C=O) groups is 2. The normalized spacial score (nSPS) is 30.2. The van der Waals surface area contributed by atoms with E-state index in [1.54, 1.807) is 0 Å². The number of halogens is 1. The summed E-state index contributed by atoms with van der Waals surface area (Å²) in [5.74, 6) is -0.868. The van der Waals surface area contributed by atoms with Crippen molar-refractivity contribution >= 4 is 23.5 Å². The number of nitrogens with one attached hydrogen (secondary N) is 2. The molecule has 0 radical (unpaired) electrons. The molecule has 144 valence electrons. The summed E-state index contributed by atoms with van der Waals surface area (Å²) in [5.41, 5.74) is 0. The number of amides is 3. The second-order valence-corrected chi connectivity index (χ2v) is 5.71. The second kappa shape index (κ2) is 9.79. The van der Waals surface area contributed by atoms with Gasteiger partial charge in [-0.3, -0.25) is 4.79 Å². The lowest BCUT2D eigenvalue weighted by Crippen LogP contribution is -2.65. The minimum atomic E-state index is -1.69. The van der Waals surface area contributed by atoms with Crippen LogP contribution in [0.4, 0.5) is 4.79 Å². The molecule has 0 spiro atoms. The standard InChI is InChI=1S/C12H21ClN4O8/c1-5(14-12(23)17(16-24)3-2-13)10(21)15-7-9(20)8(19)6(4-18)25-11(7)22/h5-9,11,18-20,22H,2-4H2,1H3,(H,14,23)(H,15,21)/t5-,6+,7+,8+,9+,11?/m0/s1. The van der Waals surface area contributed by atoms with E-state index in [4.69, 9.17) is 21.4 Å². The zero-order valence-electron chi connectivity index (χ0n) is 13.3. The first kappa shape index (κ1) is 21.5. The van der Waals surface area contributed by atoms with E-state index >= 15 is 0 Å². The van der Waals surface area contributed by atoms with Crippen molar-refractivity contribution < 1.29 is 34.8 Å². The summed E-state index contributed by atoms with van der Waals surface area (Å²) in [6.45, 7) is 0.484. The van der Waals surface area contributed by atoms with Crippen LogP contribution in [0.5, 0.6) is 0 Å². The number of hydrogen-bond donors (Lipinski definition) is 6. The Labute approximate surface area is 147 Å². The van der Waals surface area contributed by atoms with Gasteiger partial charge in [0.25, 0.3) is 0 Å². The van der Waals surface area contributed by atoms with Crippen molar-refractivity contribution in [1.29, 1.82) is 0 Å². The van der Waals surface area contributed by atoms with Crippen LogP contribution in [0.2, 0.25) is 0 Å². The second-order valence-electron chi connectivity index (χ2n) is 5.33. The third-order valence-corrected chi connectivity index (χ3v) is 3.74. The number of nitroso groups, excluding NO2 is 1. The van der Waals surface area contributed by atoms with E-state index in [2.05, 4.69) is 15.9 Å². The van der Waals surface area contributed by atoms with Crippen LogP contribution in [-0.2, 0) is 9.53 Å². The fraction of sp³-hybridized carbons (Fsp3) is 0.833. The van der Waals surface area contributed by atoms with Gasteiger partial charge in [-0.15, -0.1) is 16.5 Å². The number of nitrogens with zero attached hydrogens (tertiary/aromatic N) is 2. The molecule has 1 saturated heterocycles. The van der Waals surface area contributed by atoms with Gasteiger partial charge in [0, 0.05) is 5.88 Å². The van der Waals surface area contributed by atoms with Gasteiger partial charge in [0.15, 0.2) is 6.29 Å². The summed E-state index contributed by atoms with van der Waals surface area (Å²) in [6.07, 6.45) is -6.05. The Bertz CT molecular complexity index is 484. The average molecular weight is 385 g/mol. The van der Waals surface area contributed by atoms with Crippen molar-refractivity contribution in [3.63, 3.8) is 0 Å². The first-order valence-corrected chi connectivity index (χ1v) is 7.88. The predicted octanol–water partition coefficient (Wildman–Crippen LogP) is -2.78. The number of urea groups is 1. The van der Waals surface area contributed by atoms with Gasteiger partial charge >= 0.3 is 6.03 Å². The maximum absolute atomic E-state index is 12.1. The van der Waals surface area contributed by atoms with Crippen molar-refractivity contribution in [2.45, 2.75) is 43.6 Å². The Balaban J connectivity index is 2.65. The lowest BCUT2D eigenvalue weighted by Gasteiger charge is -2.40. The lowest BCUT2D eigenvalue weighted by atomic mass is 9.97. The molecular formula is C12H21ClN4O8. The fourth-order valence-electron chi connectivity index (χ4n) is 2.13. The van der Waals surface area contributed by atoms with Gasteiger partial charge in [-0.1, -0.05) is 0 Å². The van der Waals surface area contributed by atoms with Gasteiger partial charge in [0.2, 0.25) is 5.91 Å². The van der Waals surface area contributed by atoms with Gasteiger partial charge in [-0.2, -0.15) is 5.01 Å². The van der Waals surface area contributed by atoms with Crippen molar-refractivity contribution in [2.75, 3.05) is 19.0 Å². The predicted molar refractivity (Wildman–Crippen MR) is 83.1 cm³/mol.